The summed E-state index contributed by atoms with van der Waals surface area (Å²) in [6.07, 6.45) is -1.05. The SMILES string of the molecule is CCn1c(SCCCOCC(F)(F)F)nc2cc(S(=O)(=O)N3CCCCC3)ccc21. The van der Waals surface area contributed by atoms with Gasteiger partial charge in [0.1, 0.15) is 6.61 Å². The first-order chi connectivity index (χ1) is 14.2. The molecule has 0 amide bonds. The van der Waals surface area contributed by atoms with Crippen LogP contribution in [0.15, 0.2) is 28.3 Å². The number of ether oxygens (including phenoxy) is 1. The molecule has 0 bridgehead atoms. The van der Waals surface area contributed by atoms with E-state index in [0.717, 1.165) is 29.9 Å². The molecule has 1 fully saturated rings. The van der Waals surface area contributed by atoms with E-state index in [4.69, 9.17) is 0 Å². The van der Waals surface area contributed by atoms with Gasteiger partial charge in [0, 0.05) is 32.0 Å². The smallest absolute Gasteiger partial charge is 0.372 e. The van der Waals surface area contributed by atoms with Crippen LogP contribution in [0.4, 0.5) is 13.2 Å². The molecule has 2 heterocycles. The minimum atomic E-state index is -4.31. The maximum atomic E-state index is 12.9. The second kappa shape index (κ2) is 9.88. The minimum Gasteiger partial charge on any atom is -0.372 e. The van der Waals surface area contributed by atoms with Gasteiger partial charge < -0.3 is 9.30 Å². The Hall–Kier alpha value is -1.30. The molecule has 1 aliphatic rings. The largest absolute Gasteiger partial charge is 0.411 e. The highest BCUT2D eigenvalue weighted by Crippen LogP contribution is 2.28. The summed E-state index contributed by atoms with van der Waals surface area (Å²) in [5, 5.41) is 0.718. The Balaban J connectivity index is 1.69. The first kappa shape index (κ1) is 23.4. The number of sulfonamides is 1. The molecule has 0 unspecified atom stereocenters. The van der Waals surface area contributed by atoms with Crippen LogP contribution in [0, 0.1) is 0 Å². The molecule has 3 rings (SSSR count). The van der Waals surface area contributed by atoms with E-state index in [1.807, 2.05) is 11.5 Å². The van der Waals surface area contributed by atoms with E-state index >= 15 is 0 Å². The Morgan fingerprint density at radius 1 is 1.20 bits per heavy atom. The zero-order chi connectivity index (χ0) is 21.8. The lowest BCUT2D eigenvalue weighted by Crippen LogP contribution is -2.35. The Morgan fingerprint density at radius 3 is 2.60 bits per heavy atom. The van der Waals surface area contributed by atoms with E-state index in [1.165, 1.54) is 16.1 Å². The third-order valence-corrected chi connectivity index (χ3v) is 7.84. The third kappa shape index (κ3) is 5.68. The molecular weight excluding hydrogens is 439 g/mol. The summed E-state index contributed by atoms with van der Waals surface area (Å²) in [5.41, 5.74) is 1.44. The van der Waals surface area contributed by atoms with Crippen molar-refractivity contribution in [3.63, 3.8) is 0 Å². The molecule has 0 spiro atoms. The van der Waals surface area contributed by atoms with E-state index in [-0.39, 0.29) is 11.5 Å². The van der Waals surface area contributed by atoms with E-state index < -0.39 is 22.8 Å². The van der Waals surface area contributed by atoms with Gasteiger partial charge in [0.05, 0.1) is 15.9 Å². The topological polar surface area (TPSA) is 64.4 Å². The quantitative estimate of drug-likeness (QED) is 0.408. The number of hydrogen-bond acceptors (Lipinski definition) is 5. The number of aromatic nitrogens is 2. The Kier molecular flexibility index (Phi) is 7.70. The molecule has 1 saturated heterocycles. The molecule has 0 N–H and O–H groups in total. The lowest BCUT2D eigenvalue weighted by molar-refractivity contribution is -0.173. The van der Waals surface area contributed by atoms with Crippen LogP contribution in [0.1, 0.15) is 32.6 Å². The van der Waals surface area contributed by atoms with Gasteiger partial charge >= 0.3 is 6.18 Å². The minimum absolute atomic E-state index is 0.0249. The van der Waals surface area contributed by atoms with Crippen molar-refractivity contribution in [1.82, 2.24) is 13.9 Å². The van der Waals surface area contributed by atoms with Crippen LogP contribution in [0.25, 0.3) is 11.0 Å². The third-order valence-electron chi connectivity index (χ3n) is 4.88. The van der Waals surface area contributed by atoms with E-state index in [9.17, 15) is 21.6 Å². The van der Waals surface area contributed by atoms with Crippen LogP contribution in [0.3, 0.4) is 0 Å². The number of halogens is 3. The van der Waals surface area contributed by atoms with Crippen LogP contribution in [-0.2, 0) is 21.3 Å². The number of aryl methyl sites for hydroxylation is 1. The van der Waals surface area contributed by atoms with Crippen molar-refractivity contribution in [2.75, 3.05) is 32.1 Å². The maximum absolute atomic E-state index is 12.9. The molecule has 6 nitrogen and oxygen atoms in total. The highest BCUT2D eigenvalue weighted by molar-refractivity contribution is 7.99. The number of piperidine rings is 1. The predicted octanol–water partition coefficient (Wildman–Crippen LogP) is 4.29. The lowest BCUT2D eigenvalue weighted by Gasteiger charge is -2.25. The van der Waals surface area contributed by atoms with Crippen LogP contribution in [-0.4, -0.2) is 60.5 Å². The van der Waals surface area contributed by atoms with Crippen LogP contribution >= 0.6 is 11.8 Å². The molecule has 1 aromatic heterocycles. The zero-order valence-electron chi connectivity index (χ0n) is 16.8. The van der Waals surface area contributed by atoms with Gasteiger partial charge in [-0.05, 0) is 44.4 Å². The fraction of sp³-hybridized carbons (Fsp3) is 0.632. The zero-order valence-corrected chi connectivity index (χ0v) is 18.5. The molecule has 0 radical (unpaired) electrons. The molecule has 1 aliphatic heterocycles. The number of hydrogen-bond donors (Lipinski definition) is 0. The number of nitrogens with zero attached hydrogens (tertiary/aromatic N) is 3. The molecular formula is C19H26F3N3O3S2. The number of thioether (sulfide) groups is 1. The van der Waals surface area contributed by atoms with Gasteiger partial charge in [-0.2, -0.15) is 17.5 Å². The van der Waals surface area contributed by atoms with Gasteiger partial charge in [-0.25, -0.2) is 13.4 Å². The summed E-state index contributed by atoms with van der Waals surface area (Å²) in [6.45, 7) is 2.50. The van der Waals surface area contributed by atoms with Crippen LogP contribution in [0.2, 0.25) is 0 Å². The molecule has 11 heteroatoms. The number of fused-ring (bicyclic) bond motifs is 1. The predicted molar refractivity (Wildman–Crippen MR) is 110 cm³/mol. The molecule has 0 atom stereocenters. The standard InChI is InChI=1S/C19H26F3N3O3S2/c1-2-25-17-8-7-15(30(26,27)24-9-4-3-5-10-24)13-16(17)23-18(25)29-12-6-11-28-14-19(20,21)22/h7-8,13H,2-6,9-12,14H2,1H3. The van der Waals surface area contributed by atoms with Gasteiger partial charge in [-0.1, -0.05) is 18.2 Å². The first-order valence-electron chi connectivity index (χ1n) is 10.00. The molecule has 1 aromatic carbocycles. The van der Waals surface area contributed by atoms with Gasteiger partial charge in [0.2, 0.25) is 10.0 Å². The fourth-order valence-corrected chi connectivity index (χ4v) is 5.96. The van der Waals surface area contributed by atoms with Crippen molar-refractivity contribution < 1.29 is 26.3 Å². The van der Waals surface area contributed by atoms with Crippen molar-refractivity contribution in [1.29, 1.82) is 0 Å². The summed E-state index contributed by atoms with van der Waals surface area (Å²) in [7, 11) is -3.53. The number of imidazole rings is 1. The van der Waals surface area contributed by atoms with E-state index in [1.54, 1.807) is 18.2 Å². The highest BCUT2D eigenvalue weighted by atomic mass is 32.2. The van der Waals surface area contributed by atoms with E-state index in [2.05, 4.69) is 9.72 Å². The second-order valence-electron chi connectivity index (χ2n) is 7.12. The van der Waals surface area contributed by atoms with E-state index in [0.29, 0.717) is 37.3 Å². The summed E-state index contributed by atoms with van der Waals surface area (Å²) in [5.74, 6) is 0.556. The van der Waals surface area contributed by atoms with Gasteiger partial charge in [0.15, 0.2) is 5.16 Å². The monoisotopic (exact) mass is 465 g/mol. The lowest BCUT2D eigenvalue weighted by atomic mass is 10.2. The summed E-state index contributed by atoms with van der Waals surface area (Å²) in [4.78, 5) is 4.83. The van der Waals surface area contributed by atoms with Crippen LogP contribution in [0.5, 0.6) is 0 Å². The Labute approximate surface area is 178 Å². The average Bonchev–Trinajstić information content (AvgIpc) is 3.07. The molecule has 0 aliphatic carbocycles. The summed E-state index contributed by atoms with van der Waals surface area (Å²) in [6, 6.07) is 5.01. The van der Waals surface area contributed by atoms with Crippen molar-refractivity contribution in [2.45, 2.75) is 55.4 Å². The summed E-state index contributed by atoms with van der Waals surface area (Å²) < 4.78 is 70.3. The summed E-state index contributed by atoms with van der Waals surface area (Å²) >= 11 is 1.43. The average molecular weight is 466 g/mol. The molecule has 168 valence electrons. The van der Waals surface area contributed by atoms with Crippen LogP contribution < -0.4 is 0 Å². The van der Waals surface area contributed by atoms with Gasteiger partial charge in [-0.3, -0.25) is 0 Å². The number of benzene rings is 1. The van der Waals surface area contributed by atoms with Crippen molar-refractivity contribution >= 4 is 32.8 Å². The van der Waals surface area contributed by atoms with Gasteiger partial charge in [-0.15, -0.1) is 0 Å². The Bertz CT molecular complexity index is 955. The van der Waals surface area contributed by atoms with Crippen molar-refractivity contribution in [3.05, 3.63) is 18.2 Å². The Morgan fingerprint density at radius 2 is 1.93 bits per heavy atom. The molecule has 30 heavy (non-hydrogen) atoms. The molecule has 2 aromatic rings. The highest BCUT2D eigenvalue weighted by Gasteiger charge is 2.28. The number of rotatable bonds is 9. The van der Waals surface area contributed by atoms with Crippen molar-refractivity contribution in [2.24, 2.45) is 0 Å². The number of alkyl halides is 3. The fourth-order valence-electron chi connectivity index (χ4n) is 3.43. The normalized spacial score (nSPS) is 16.4. The second-order valence-corrected chi connectivity index (χ2v) is 10.1. The van der Waals surface area contributed by atoms with Gasteiger partial charge in [0.25, 0.3) is 0 Å². The van der Waals surface area contributed by atoms with Crippen molar-refractivity contribution in [3.8, 4) is 0 Å². The molecule has 0 saturated carbocycles. The maximum Gasteiger partial charge on any atom is 0.411 e. The first-order valence-corrected chi connectivity index (χ1v) is 12.4.